The zero-order valence-electron chi connectivity index (χ0n) is 23.1. The third kappa shape index (κ3) is 5.86. The van der Waals surface area contributed by atoms with E-state index in [0.29, 0.717) is 23.0 Å². The molecule has 5 nitrogen and oxygen atoms in total. The Morgan fingerprint density at radius 3 is 2.05 bits per heavy atom. The molecule has 0 saturated carbocycles. The lowest BCUT2D eigenvalue weighted by Gasteiger charge is -2.21. The van der Waals surface area contributed by atoms with Crippen LogP contribution in [0.3, 0.4) is 0 Å². The van der Waals surface area contributed by atoms with E-state index in [1.54, 1.807) is 30.1 Å². The standard InChI is InChI=1S/C33H32N4OS/c1-20-15-21(2)29(22(3)16-20)32-36-30(35-31(37-32)26-11-7-8-12-27(26)38)23-17-24(33(4,5)6)19-25(18-23)39-28-13-9-10-14-34-28/h7-19,38H,1-6H3. The second-order valence-corrected chi connectivity index (χ2v) is 12.0. The molecule has 0 atom stereocenters. The van der Waals surface area contributed by atoms with E-state index in [-0.39, 0.29) is 11.2 Å². The van der Waals surface area contributed by atoms with E-state index in [0.717, 1.165) is 32.2 Å². The zero-order chi connectivity index (χ0) is 27.7. The van der Waals surface area contributed by atoms with Gasteiger partial charge >= 0.3 is 0 Å². The number of phenols is 1. The van der Waals surface area contributed by atoms with Gasteiger partial charge in [-0.15, -0.1) is 0 Å². The molecule has 39 heavy (non-hydrogen) atoms. The summed E-state index contributed by atoms with van der Waals surface area (Å²) in [6, 6.07) is 23.9. The number of aromatic hydroxyl groups is 1. The fourth-order valence-electron chi connectivity index (χ4n) is 4.68. The van der Waals surface area contributed by atoms with Gasteiger partial charge in [0.2, 0.25) is 0 Å². The van der Waals surface area contributed by atoms with Crippen LogP contribution < -0.4 is 0 Å². The molecule has 5 aromatic rings. The maximum absolute atomic E-state index is 10.7. The topological polar surface area (TPSA) is 71.8 Å². The Labute approximate surface area is 234 Å². The van der Waals surface area contributed by atoms with Crippen molar-refractivity contribution in [2.45, 2.75) is 56.9 Å². The molecular weight excluding hydrogens is 500 g/mol. The van der Waals surface area contributed by atoms with Gasteiger partial charge in [-0.25, -0.2) is 19.9 Å². The van der Waals surface area contributed by atoms with E-state index < -0.39 is 0 Å². The first-order chi connectivity index (χ1) is 18.6. The van der Waals surface area contributed by atoms with Crippen molar-refractivity contribution in [3.63, 3.8) is 0 Å². The van der Waals surface area contributed by atoms with Crippen molar-refractivity contribution in [3.8, 4) is 39.9 Å². The molecule has 2 heterocycles. The van der Waals surface area contributed by atoms with E-state index in [4.69, 9.17) is 15.0 Å². The van der Waals surface area contributed by atoms with Crippen LogP contribution in [-0.4, -0.2) is 25.0 Å². The molecule has 2 aromatic heterocycles. The Hall–Kier alpha value is -4.03. The molecule has 0 aliphatic rings. The quantitative estimate of drug-likeness (QED) is 0.245. The lowest BCUT2D eigenvalue weighted by Crippen LogP contribution is -2.11. The summed E-state index contributed by atoms with van der Waals surface area (Å²) in [5, 5.41) is 11.6. The van der Waals surface area contributed by atoms with Crippen LogP contribution in [0.25, 0.3) is 34.2 Å². The number of hydrogen-bond donors (Lipinski definition) is 1. The minimum absolute atomic E-state index is 0.0873. The van der Waals surface area contributed by atoms with E-state index >= 15 is 0 Å². The number of benzene rings is 3. The van der Waals surface area contributed by atoms with Crippen LogP contribution in [-0.2, 0) is 5.41 Å². The molecule has 0 saturated heterocycles. The predicted molar refractivity (Wildman–Crippen MR) is 159 cm³/mol. The molecule has 0 spiro atoms. The van der Waals surface area contributed by atoms with Crippen LogP contribution in [0.1, 0.15) is 43.0 Å². The Bertz CT molecular complexity index is 1640. The number of pyridine rings is 1. The largest absolute Gasteiger partial charge is 0.507 e. The number of nitrogens with zero attached hydrogens (tertiary/aromatic N) is 4. The van der Waals surface area contributed by atoms with Crippen molar-refractivity contribution in [1.82, 2.24) is 19.9 Å². The highest BCUT2D eigenvalue weighted by Gasteiger charge is 2.21. The smallest absolute Gasteiger partial charge is 0.167 e. The minimum Gasteiger partial charge on any atom is -0.507 e. The van der Waals surface area contributed by atoms with Crippen molar-refractivity contribution in [2.24, 2.45) is 0 Å². The first-order valence-electron chi connectivity index (χ1n) is 13.0. The molecule has 0 aliphatic heterocycles. The summed E-state index contributed by atoms with van der Waals surface area (Å²) in [6.45, 7) is 12.9. The monoisotopic (exact) mass is 532 g/mol. The molecule has 3 aromatic carbocycles. The Balaban J connectivity index is 1.75. The number of hydrogen-bond acceptors (Lipinski definition) is 6. The molecule has 5 rings (SSSR count). The van der Waals surface area contributed by atoms with E-state index in [9.17, 15) is 5.11 Å². The summed E-state index contributed by atoms with van der Waals surface area (Å²) in [4.78, 5) is 20.4. The summed E-state index contributed by atoms with van der Waals surface area (Å²) < 4.78 is 0. The van der Waals surface area contributed by atoms with Gasteiger partial charge in [0, 0.05) is 22.2 Å². The van der Waals surface area contributed by atoms with Gasteiger partial charge in [0.1, 0.15) is 10.8 Å². The second kappa shape index (κ2) is 10.6. The molecule has 196 valence electrons. The van der Waals surface area contributed by atoms with Crippen LogP contribution in [0, 0.1) is 20.8 Å². The number of rotatable bonds is 5. The van der Waals surface area contributed by atoms with E-state index in [1.807, 2.05) is 30.3 Å². The maximum Gasteiger partial charge on any atom is 0.167 e. The van der Waals surface area contributed by atoms with Gasteiger partial charge in [0.25, 0.3) is 0 Å². The predicted octanol–water partition coefficient (Wildman–Crippen LogP) is 8.35. The van der Waals surface area contributed by atoms with Gasteiger partial charge in [-0.3, -0.25) is 0 Å². The molecule has 0 radical (unpaired) electrons. The van der Waals surface area contributed by atoms with Crippen molar-refractivity contribution in [3.05, 3.63) is 101 Å². The highest BCUT2D eigenvalue weighted by molar-refractivity contribution is 7.99. The number of phenolic OH excluding ortho intramolecular Hbond substituents is 1. The van der Waals surface area contributed by atoms with Gasteiger partial charge in [-0.1, -0.05) is 68.4 Å². The van der Waals surface area contributed by atoms with Crippen LogP contribution in [0.5, 0.6) is 5.75 Å². The molecule has 1 N–H and O–H groups in total. The van der Waals surface area contributed by atoms with Gasteiger partial charge in [-0.05, 0) is 85.3 Å². The Morgan fingerprint density at radius 2 is 1.38 bits per heavy atom. The summed E-state index contributed by atoms with van der Waals surface area (Å²) in [5.41, 5.74) is 6.92. The van der Waals surface area contributed by atoms with Gasteiger partial charge in [0.05, 0.1) is 5.56 Å². The second-order valence-electron chi connectivity index (χ2n) is 10.9. The average molecular weight is 533 g/mol. The van der Waals surface area contributed by atoms with Crippen LogP contribution in [0.15, 0.2) is 88.9 Å². The van der Waals surface area contributed by atoms with Crippen molar-refractivity contribution < 1.29 is 5.11 Å². The lowest BCUT2D eigenvalue weighted by molar-refractivity contribution is 0.477. The Kier molecular flexibility index (Phi) is 7.23. The molecule has 0 amide bonds. The van der Waals surface area contributed by atoms with Crippen molar-refractivity contribution in [1.29, 1.82) is 0 Å². The summed E-state index contributed by atoms with van der Waals surface area (Å²) in [7, 11) is 0. The molecule has 0 bridgehead atoms. The van der Waals surface area contributed by atoms with E-state index in [1.165, 1.54) is 11.1 Å². The fourth-order valence-corrected chi connectivity index (χ4v) is 5.55. The summed E-state index contributed by atoms with van der Waals surface area (Å²) in [5.74, 6) is 1.72. The average Bonchev–Trinajstić information content (AvgIpc) is 2.88. The zero-order valence-corrected chi connectivity index (χ0v) is 24.0. The third-order valence-electron chi connectivity index (χ3n) is 6.57. The molecule has 0 unspecified atom stereocenters. The maximum atomic E-state index is 10.7. The molecule has 6 heteroatoms. The normalized spacial score (nSPS) is 11.5. The highest BCUT2D eigenvalue weighted by atomic mass is 32.2. The van der Waals surface area contributed by atoms with Gasteiger partial charge < -0.3 is 5.11 Å². The van der Waals surface area contributed by atoms with Crippen LogP contribution >= 0.6 is 11.8 Å². The summed E-state index contributed by atoms with van der Waals surface area (Å²) >= 11 is 1.61. The summed E-state index contributed by atoms with van der Waals surface area (Å²) in [6.07, 6.45) is 1.81. The highest BCUT2D eigenvalue weighted by Crippen LogP contribution is 2.37. The van der Waals surface area contributed by atoms with Crippen molar-refractivity contribution >= 4 is 11.8 Å². The van der Waals surface area contributed by atoms with Crippen LogP contribution in [0.4, 0.5) is 0 Å². The first kappa shape index (κ1) is 26.6. The lowest BCUT2D eigenvalue weighted by atomic mass is 9.86. The SMILES string of the molecule is Cc1cc(C)c(-c2nc(-c3cc(Sc4ccccn4)cc(C(C)(C)C)c3)nc(-c3ccccc3O)n2)c(C)c1. The van der Waals surface area contributed by atoms with E-state index in [2.05, 4.69) is 76.9 Å². The van der Waals surface area contributed by atoms with Gasteiger partial charge in [0.15, 0.2) is 17.5 Å². The number of aryl methyl sites for hydroxylation is 3. The Morgan fingerprint density at radius 1 is 0.718 bits per heavy atom. The molecule has 0 fully saturated rings. The molecular formula is C33H32N4OS. The first-order valence-corrected chi connectivity index (χ1v) is 13.8. The van der Waals surface area contributed by atoms with Gasteiger partial charge in [-0.2, -0.15) is 0 Å². The van der Waals surface area contributed by atoms with Crippen molar-refractivity contribution in [2.75, 3.05) is 0 Å². The molecule has 0 aliphatic carbocycles. The third-order valence-corrected chi connectivity index (χ3v) is 7.49. The fraction of sp³-hybridized carbons (Fsp3) is 0.212. The minimum atomic E-state index is -0.0873. The number of aromatic nitrogens is 4. The van der Waals surface area contributed by atoms with Crippen LogP contribution in [0.2, 0.25) is 0 Å². The number of para-hydroxylation sites is 1.